The minimum absolute atomic E-state index is 0.0311. The minimum Gasteiger partial charge on any atom is -0.393 e. The Labute approximate surface area is 341 Å². The smallest absolute Gasteiger partial charge is 0.393 e. The van der Waals surface area contributed by atoms with Crippen LogP contribution in [0.15, 0.2) is 24.3 Å². The van der Waals surface area contributed by atoms with Gasteiger partial charge in [0.15, 0.2) is 0 Å². The van der Waals surface area contributed by atoms with Crippen LogP contribution >= 0.6 is 7.82 Å². The lowest BCUT2D eigenvalue weighted by Gasteiger charge is -2.26. The summed E-state index contributed by atoms with van der Waals surface area (Å²) in [5.74, 6) is -0.652. The van der Waals surface area contributed by atoms with Crippen molar-refractivity contribution in [3.8, 4) is 0 Å². The van der Waals surface area contributed by atoms with Crippen LogP contribution in [0, 0.1) is 11.8 Å². The summed E-state index contributed by atoms with van der Waals surface area (Å²) in [7, 11) is 1.47. The molecule has 11 nitrogen and oxygen atoms in total. The summed E-state index contributed by atoms with van der Waals surface area (Å²) in [6.45, 7) is 4.57. The van der Waals surface area contributed by atoms with Gasteiger partial charge < -0.3 is 35.1 Å². The van der Waals surface area contributed by atoms with E-state index in [1.54, 1.807) is 6.08 Å². The van der Waals surface area contributed by atoms with Crippen molar-refractivity contribution in [2.45, 2.75) is 198 Å². The van der Waals surface area contributed by atoms with Gasteiger partial charge in [0.1, 0.15) is 13.2 Å². The van der Waals surface area contributed by atoms with E-state index >= 15 is 0 Å². The topological polar surface area (TPSA) is 166 Å². The number of aliphatic hydroxyl groups excluding tert-OH is 4. The van der Waals surface area contributed by atoms with E-state index in [0.29, 0.717) is 49.6 Å². The lowest BCUT2D eigenvalue weighted by molar-refractivity contribution is -0.870. The van der Waals surface area contributed by atoms with Crippen LogP contribution in [0.1, 0.15) is 168 Å². The second-order valence-electron chi connectivity index (χ2n) is 17.4. The van der Waals surface area contributed by atoms with E-state index < -0.39 is 38.3 Å². The maximum atomic E-state index is 13.0. The number of phosphoric ester groups is 1. The van der Waals surface area contributed by atoms with Gasteiger partial charge in [0.2, 0.25) is 5.91 Å². The average Bonchev–Trinajstić information content (AvgIpc) is 3.40. The first-order valence-electron chi connectivity index (χ1n) is 22.5. The lowest BCUT2D eigenvalue weighted by Crippen LogP contribution is -2.46. The molecule has 0 aromatic carbocycles. The van der Waals surface area contributed by atoms with Crippen molar-refractivity contribution in [2.75, 3.05) is 40.9 Å². The number of allylic oxidation sites excluding steroid dienone is 2. The Kier molecular flexibility index (Phi) is 30.0. The van der Waals surface area contributed by atoms with Gasteiger partial charge in [-0.2, -0.15) is 0 Å². The summed E-state index contributed by atoms with van der Waals surface area (Å²) in [5, 5.41) is 45.3. The van der Waals surface area contributed by atoms with Gasteiger partial charge in [0.05, 0.1) is 58.2 Å². The molecule has 0 aliphatic heterocycles. The monoisotopic (exact) mass is 818 g/mol. The Morgan fingerprint density at radius 1 is 0.786 bits per heavy atom. The number of unbranched alkanes of at least 4 members (excludes halogenated alkanes) is 16. The molecule has 1 rings (SSSR count). The molecule has 1 unspecified atom stereocenters. The van der Waals surface area contributed by atoms with E-state index in [2.05, 4.69) is 19.2 Å². The molecule has 6 N–H and O–H groups in total. The second kappa shape index (κ2) is 31.7. The summed E-state index contributed by atoms with van der Waals surface area (Å²) in [5.41, 5.74) is 0. The molecular formula is C44H86N2O9P+. The number of quaternary nitrogens is 1. The van der Waals surface area contributed by atoms with Crippen molar-refractivity contribution in [2.24, 2.45) is 11.8 Å². The SMILES string of the molecule is CCCCCCCCCCCCCCCC[C@@H](O)[C@H](COP(=O)(O)OCC[N+](C)(C)C)NC(=O)CCC/C=C/C[C@@H]1[C@@H](/C=C/[C@@H](O)CCCCC)[C@H](O)C[C@@H]1O. The predicted octanol–water partition coefficient (Wildman–Crippen LogP) is 8.52. The molecule has 8 atom stereocenters. The number of hydrogen-bond donors (Lipinski definition) is 6. The van der Waals surface area contributed by atoms with Crippen molar-refractivity contribution in [3.63, 3.8) is 0 Å². The Morgan fingerprint density at radius 3 is 1.93 bits per heavy atom. The molecule has 56 heavy (non-hydrogen) atoms. The molecule has 1 aliphatic carbocycles. The van der Waals surface area contributed by atoms with E-state index in [1.165, 1.54) is 70.6 Å². The molecule has 0 heterocycles. The molecule has 1 saturated carbocycles. The summed E-state index contributed by atoms with van der Waals surface area (Å²) >= 11 is 0. The number of amides is 1. The first-order valence-corrected chi connectivity index (χ1v) is 24.0. The van der Waals surface area contributed by atoms with Gasteiger partial charge in [-0.05, 0) is 38.0 Å². The van der Waals surface area contributed by atoms with Crippen LogP contribution in [-0.4, -0.2) is 107 Å². The third-order valence-electron chi connectivity index (χ3n) is 11.0. The molecule has 0 aromatic rings. The zero-order valence-electron chi connectivity index (χ0n) is 36.2. The number of carbonyl (C=O) groups is 1. The third-order valence-corrected chi connectivity index (χ3v) is 12.0. The van der Waals surface area contributed by atoms with Crippen molar-refractivity contribution in [3.05, 3.63) is 24.3 Å². The Balaban J connectivity index is 2.55. The maximum Gasteiger partial charge on any atom is 0.472 e. The highest BCUT2D eigenvalue weighted by Crippen LogP contribution is 2.43. The van der Waals surface area contributed by atoms with Crippen LogP contribution in [0.5, 0.6) is 0 Å². The van der Waals surface area contributed by atoms with Gasteiger partial charge in [0.25, 0.3) is 0 Å². The predicted molar refractivity (Wildman–Crippen MR) is 228 cm³/mol. The van der Waals surface area contributed by atoms with Gasteiger partial charge in [-0.15, -0.1) is 0 Å². The van der Waals surface area contributed by atoms with Gasteiger partial charge in [0, 0.05) is 18.8 Å². The summed E-state index contributed by atoms with van der Waals surface area (Å²) in [6, 6.07) is -0.854. The summed E-state index contributed by atoms with van der Waals surface area (Å²) in [4.78, 5) is 23.3. The van der Waals surface area contributed by atoms with Crippen molar-refractivity contribution >= 4 is 13.7 Å². The highest BCUT2D eigenvalue weighted by molar-refractivity contribution is 7.47. The molecule has 0 spiro atoms. The fraction of sp³-hybridized carbons (Fsp3) is 0.886. The second-order valence-corrected chi connectivity index (χ2v) is 18.9. The van der Waals surface area contributed by atoms with Gasteiger partial charge in [-0.1, -0.05) is 147 Å². The minimum atomic E-state index is -4.38. The van der Waals surface area contributed by atoms with E-state index in [1.807, 2.05) is 39.4 Å². The molecule has 1 aliphatic rings. The molecule has 0 aromatic heterocycles. The van der Waals surface area contributed by atoms with Crippen LogP contribution in [0.2, 0.25) is 0 Å². The summed E-state index contributed by atoms with van der Waals surface area (Å²) in [6.07, 6.45) is 28.6. The number of rotatable bonds is 36. The summed E-state index contributed by atoms with van der Waals surface area (Å²) < 4.78 is 23.6. The van der Waals surface area contributed by atoms with E-state index in [4.69, 9.17) is 9.05 Å². The molecular weight excluding hydrogens is 731 g/mol. The van der Waals surface area contributed by atoms with E-state index in [0.717, 1.165) is 38.5 Å². The Morgan fingerprint density at radius 2 is 1.34 bits per heavy atom. The van der Waals surface area contributed by atoms with Gasteiger partial charge in [-0.3, -0.25) is 13.8 Å². The largest absolute Gasteiger partial charge is 0.472 e. The van der Waals surface area contributed by atoms with Crippen LogP contribution in [-0.2, 0) is 18.4 Å². The molecule has 330 valence electrons. The standard InChI is InChI=1S/C44H85N2O9P/c1-6-8-10-11-12-13-14-15-16-17-18-19-20-25-29-41(48)40(36-55-56(52,53)54-34-33-46(3,4)5)45-44(51)30-26-22-21-24-28-38-39(43(50)35-42(38)49)32-31-37(47)27-23-9-7-2/h21,24,31-32,37-43,47-50H,6-20,22-23,25-30,33-36H2,1-5H3,(H-,45,51,52,53)/p+1/b24-21+,32-31+/t37-,38+,39+,40-,41+,42-,43+/m0/s1. The molecule has 0 bridgehead atoms. The van der Waals surface area contributed by atoms with Crippen LogP contribution < -0.4 is 5.32 Å². The fourth-order valence-corrected chi connectivity index (χ4v) is 8.07. The Bertz CT molecular complexity index is 1090. The quantitative estimate of drug-likeness (QED) is 0.0157. The van der Waals surface area contributed by atoms with Crippen molar-refractivity contribution in [1.29, 1.82) is 0 Å². The normalized spacial score (nSPS) is 21.8. The van der Waals surface area contributed by atoms with Crippen LogP contribution in [0.4, 0.5) is 0 Å². The zero-order chi connectivity index (χ0) is 41.7. The molecule has 1 fully saturated rings. The fourth-order valence-electron chi connectivity index (χ4n) is 7.33. The molecule has 12 heteroatoms. The molecule has 0 saturated heterocycles. The highest BCUT2D eigenvalue weighted by Gasteiger charge is 2.39. The number of nitrogens with zero attached hydrogens (tertiary/aromatic N) is 1. The lowest BCUT2D eigenvalue weighted by atomic mass is 9.89. The maximum absolute atomic E-state index is 13.0. The van der Waals surface area contributed by atoms with E-state index in [-0.39, 0.29) is 37.4 Å². The number of carbonyl (C=O) groups excluding carboxylic acids is 1. The van der Waals surface area contributed by atoms with Crippen LogP contribution in [0.25, 0.3) is 0 Å². The third kappa shape index (κ3) is 27.5. The first-order chi connectivity index (χ1) is 26.7. The number of hydrogen-bond acceptors (Lipinski definition) is 8. The molecule has 0 radical (unpaired) electrons. The number of nitrogens with one attached hydrogen (secondary N) is 1. The van der Waals surface area contributed by atoms with Crippen molar-refractivity contribution in [1.82, 2.24) is 5.32 Å². The number of phosphoric acid groups is 1. The van der Waals surface area contributed by atoms with E-state index in [9.17, 15) is 34.7 Å². The van der Waals surface area contributed by atoms with Gasteiger partial charge in [-0.25, -0.2) is 4.57 Å². The number of likely N-dealkylation sites (N-methyl/N-ethyl adjacent to an activating group) is 1. The van der Waals surface area contributed by atoms with Crippen LogP contribution in [0.3, 0.4) is 0 Å². The highest BCUT2D eigenvalue weighted by atomic mass is 31.2. The average molecular weight is 818 g/mol. The molecule has 1 amide bonds. The van der Waals surface area contributed by atoms with Gasteiger partial charge >= 0.3 is 7.82 Å². The zero-order valence-corrected chi connectivity index (χ0v) is 37.1. The van der Waals surface area contributed by atoms with Crippen molar-refractivity contribution < 1.29 is 48.2 Å². The first kappa shape index (κ1) is 52.9. The number of aliphatic hydroxyl groups is 4. The Hall–Kier alpha value is -1.14.